The molecule has 0 saturated carbocycles. The Labute approximate surface area is 323 Å². The van der Waals surface area contributed by atoms with Crippen LogP contribution < -0.4 is 9.80 Å². The van der Waals surface area contributed by atoms with E-state index in [2.05, 4.69) is 190 Å². The molecule has 5 nitrogen and oxygen atoms in total. The highest BCUT2D eigenvalue weighted by Gasteiger charge is 2.39. The Morgan fingerprint density at radius 2 is 1.20 bits per heavy atom. The van der Waals surface area contributed by atoms with E-state index >= 15 is 0 Å². The molecule has 0 fully saturated rings. The standard InChI is InChI=1S/C50H45N5/c1-48(2,3)32-28-37-36-24-22-34(30-43(36)55-46(37)41(29-32)50(6,7)40-19-15-27-52-47(40)55)53(33-16-9-8-10-17-33)35-23-25-39-44(31-35)54(45-21-13-14-26-51-45)42-20-12-11-18-38(42)49(39,4)5/h8-31H,1-7H3. The third-order valence-corrected chi connectivity index (χ3v) is 12.2. The summed E-state index contributed by atoms with van der Waals surface area (Å²) in [5, 5.41) is 2.51. The predicted molar refractivity (Wildman–Crippen MR) is 229 cm³/mol. The van der Waals surface area contributed by atoms with E-state index in [0.717, 1.165) is 45.6 Å². The lowest BCUT2D eigenvalue weighted by atomic mass is 9.73. The number of hydrogen-bond acceptors (Lipinski definition) is 4. The zero-order chi connectivity index (χ0) is 37.9. The summed E-state index contributed by atoms with van der Waals surface area (Å²) in [5.74, 6) is 1.91. The molecule has 55 heavy (non-hydrogen) atoms. The van der Waals surface area contributed by atoms with E-state index in [4.69, 9.17) is 9.97 Å². The fourth-order valence-electron chi connectivity index (χ4n) is 9.21. The third kappa shape index (κ3) is 4.85. The van der Waals surface area contributed by atoms with Crippen LogP contribution in [-0.2, 0) is 16.2 Å². The van der Waals surface area contributed by atoms with Crippen LogP contribution in [-0.4, -0.2) is 14.5 Å². The summed E-state index contributed by atoms with van der Waals surface area (Å²) >= 11 is 0. The Morgan fingerprint density at radius 1 is 0.527 bits per heavy atom. The quantitative estimate of drug-likeness (QED) is 0.182. The van der Waals surface area contributed by atoms with Crippen molar-refractivity contribution < 1.29 is 0 Å². The summed E-state index contributed by atoms with van der Waals surface area (Å²) in [4.78, 5) is 14.7. The van der Waals surface area contributed by atoms with Gasteiger partial charge >= 0.3 is 0 Å². The van der Waals surface area contributed by atoms with Gasteiger partial charge in [-0.2, -0.15) is 0 Å². The lowest BCUT2D eigenvalue weighted by Gasteiger charge is -2.42. The van der Waals surface area contributed by atoms with Gasteiger partial charge < -0.3 is 4.90 Å². The van der Waals surface area contributed by atoms with Gasteiger partial charge in [-0.25, -0.2) is 9.97 Å². The molecular weight excluding hydrogens is 671 g/mol. The number of benzene rings is 5. The van der Waals surface area contributed by atoms with Crippen LogP contribution in [0.25, 0.3) is 27.6 Å². The minimum absolute atomic E-state index is 0.000855. The molecule has 10 rings (SSSR count). The van der Waals surface area contributed by atoms with Crippen molar-refractivity contribution in [1.29, 1.82) is 0 Å². The number of hydrogen-bond donors (Lipinski definition) is 0. The molecular formula is C50H45N5. The van der Waals surface area contributed by atoms with Crippen LogP contribution in [0.2, 0.25) is 0 Å². The normalized spacial score (nSPS) is 15.1. The van der Waals surface area contributed by atoms with Crippen LogP contribution in [0.3, 0.4) is 0 Å². The molecule has 5 heterocycles. The van der Waals surface area contributed by atoms with E-state index < -0.39 is 0 Å². The van der Waals surface area contributed by atoms with Gasteiger partial charge in [0.2, 0.25) is 0 Å². The molecule has 5 aromatic carbocycles. The second-order valence-electron chi connectivity index (χ2n) is 17.2. The van der Waals surface area contributed by atoms with Crippen LogP contribution in [0.4, 0.5) is 34.3 Å². The van der Waals surface area contributed by atoms with Gasteiger partial charge in [-0.3, -0.25) is 9.47 Å². The van der Waals surface area contributed by atoms with Crippen LogP contribution in [0, 0.1) is 0 Å². The van der Waals surface area contributed by atoms with Gasteiger partial charge in [0, 0.05) is 56.6 Å². The minimum atomic E-state index is -0.210. The zero-order valence-electron chi connectivity index (χ0n) is 32.6. The first-order valence-corrected chi connectivity index (χ1v) is 19.3. The molecule has 5 heteroatoms. The Morgan fingerprint density at radius 3 is 1.98 bits per heavy atom. The van der Waals surface area contributed by atoms with Crippen molar-refractivity contribution in [1.82, 2.24) is 14.5 Å². The molecule has 2 aliphatic rings. The van der Waals surface area contributed by atoms with Crippen LogP contribution >= 0.6 is 0 Å². The van der Waals surface area contributed by atoms with Crippen LogP contribution in [0.1, 0.15) is 76.3 Å². The van der Waals surface area contributed by atoms with E-state index in [1.165, 1.54) is 44.1 Å². The van der Waals surface area contributed by atoms with Crippen molar-refractivity contribution in [2.75, 3.05) is 9.80 Å². The SMILES string of the molecule is CC(C)(C)c1cc2c3c(c1)c1ccc(N(c4ccccc4)c4ccc5c(c4)N(c4ccccn4)c4ccccc4C5(C)C)cc1n3-c1ncccc1C2(C)C. The molecule has 0 aliphatic carbocycles. The Bertz CT molecular complexity index is 2810. The summed E-state index contributed by atoms with van der Waals surface area (Å²) in [6, 6.07) is 48.8. The fourth-order valence-corrected chi connectivity index (χ4v) is 9.21. The van der Waals surface area contributed by atoms with Crippen molar-refractivity contribution in [3.8, 4) is 5.82 Å². The largest absolute Gasteiger partial charge is 0.310 e. The number of aromatic nitrogens is 3. The fraction of sp³-hybridized carbons (Fsp3) is 0.200. The molecule has 8 aromatic rings. The van der Waals surface area contributed by atoms with Gasteiger partial charge in [0.15, 0.2) is 0 Å². The maximum absolute atomic E-state index is 5.08. The number of nitrogens with zero attached hydrogens (tertiary/aromatic N) is 5. The molecule has 270 valence electrons. The smallest absolute Gasteiger partial charge is 0.141 e. The number of fused-ring (bicyclic) bond motifs is 7. The van der Waals surface area contributed by atoms with E-state index in [1.807, 2.05) is 18.5 Å². The highest BCUT2D eigenvalue weighted by atomic mass is 15.2. The highest BCUT2D eigenvalue weighted by Crippen LogP contribution is 2.54. The molecule has 2 aliphatic heterocycles. The van der Waals surface area contributed by atoms with Crippen LogP contribution in [0.15, 0.2) is 146 Å². The number of anilines is 6. The highest BCUT2D eigenvalue weighted by molar-refractivity contribution is 6.12. The lowest BCUT2D eigenvalue weighted by Crippen LogP contribution is -2.31. The Kier molecular flexibility index (Phi) is 7.07. The summed E-state index contributed by atoms with van der Waals surface area (Å²) in [7, 11) is 0. The maximum Gasteiger partial charge on any atom is 0.141 e. The van der Waals surface area contributed by atoms with E-state index in [9.17, 15) is 0 Å². The maximum atomic E-state index is 5.08. The van der Waals surface area contributed by atoms with E-state index in [1.54, 1.807) is 0 Å². The first-order valence-electron chi connectivity index (χ1n) is 19.3. The van der Waals surface area contributed by atoms with Crippen molar-refractivity contribution in [2.45, 2.75) is 64.7 Å². The van der Waals surface area contributed by atoms with E-state index in [-0.39, 0.29) is 16.2 Å². The molecule has 0 bridgehead atoms. The van der Waals surface area contributed by atoms with Gasteiger partial charge in [-0.05, 0) is 94.4 Å². The van der Waals surface area contributed by atoms with Gasteiger partial charge in [-0.1, -0.05) is 115 Å². The number of para-hydroxylation sites is 2. The van der Waals surface area contributed by atoms with E-state index in [0.29, 0.717) is 0 Å². The third-order valence-electron chi connectivity index (χ3n) is 12.2. The summed E-state index contributed by atoms with van der Waals surface area (Å²) in [6.45, 7) is 16.3. The minimum Gasteiger partial charge on any atom is -0.310 e. The van der Waals surface area contributed by atoms with Crippen molar-refractivity contribution in [2.24, 2.45) is 0 Å². The Hall–Kier alpha value is -6.20. The zero-order valence-corrected chi connectivity index (χ0v) is 32.6. The first-order chi connectivity index (χ1) is 26.4. The van der Waals surface area contributed by atoms with Crippen molar-refractivity contribution in [3.05, 3.63) is 174 Å². The summed E-state index contributed by atoms with van der Waals surface area (Å²) in [5.41, 5.74) is 14.0. The molecule has 0 atom stereocenters. The number of rotatable bonds is 4. The topological polar surface area (TPSA) is 37.2 Å². The number of pyridine rings is 2. The molecule has 3 aromatic heterocycles. The predicted octanol–water partition coefficient (Wildman–Crippen LogP) is 13.1. The monoisotopic (exact) mass is 715 g/mol. The average Bonchev–Trinajstić information content (AvgIpc) is 3.51. The first kappa shape index (κ1) is 33.4. The molecule has 0 saturated heterocycles. The molecule has 0 unspecified atom stereocenters. The van der Waals surface area contributed by atoms with Crippen molar-refractivity contribution in [3.63, 3.8) is 0 Å². The second-order valence-corrected chi connectivity index (χ2v) is 17.2. The molecule has 0 spiro atoms. The van der Waals surface area contributed by atoms with Gasteiger partial charge in [0.1, 0.15) is 11.6 Å². The van der Waals surface area contributed by atoms with Gasteiger partial charge in [0.05, 0.1) is 22.4 Å². The average molecular weight is 716 g/mol. The summed E-state index contributed by atoms with van der Waals surface area (Å²) in [6.07, 6.45) is 3.81. The lowest BCUT2D eigenvalue weighted by molar-refractivity contribution is 0.581. The molecule has 0 amide bonds. The second kappa shape index (κ2) is 11.6. The van der Waals surface area contributed by atoms with Crippen LogP contribution in [0.5, 0.6) is 0 Å². The summed E-state index contributed by atoms with van der Waals surface area (Å²) < 4.78 is 2.43. The molecule has 0 radical (unpaired) electrons. The van der Waals surface area contributed by atoms with Gasteiger partial charge in [-0.15, -0.1) is 0 Å². The Balaban J connectivity index is 1.24. The molecule has 0 N–H and O–H groups in total. The van der Waals surface area contributed by atoms with Crippen molar-refractivity contribution >= 4 is 56.1 Å². The van der Waals surface area contributed by atoms with Gasteiger partial charge in [0.25, 0.3) is 0 Å².